The Morgan fingerprint density at radius 2 is 1.94 bits per heavy atom. The summed E-state index contributed by atoms with van der Waals surface area (Å²) in [7, 11) is 0. The second kappa shape index (κ2) is 9.55. The van der Waals surface area contributed by atoms with Crippen LogP contribution in [0.5, 0.6) is 0 Å². The Morgan fingerprint density at radius 1 is 1.17 bits per heavy atom. The summed E-state index contributed by atoms with van der Waals surface area (Å²) >= 11 is 0. The Hall–Kier alpha value is -3.43. The molecule has 1 aromatic carbocycles. The van der Waals surface area contributed by atoms with Crippen LogP contribution < -0.4 is 10.2 Å². The Balaban J connectivity index is 1.30. The third-order valence-corrected chi connectivity index (χ3v) is 6.62. The first-order chi connectivity index (χ1) is 17.2. The van der Waals surface area contributed by atoms with Crippen LogP contribution in [0, 0.1) is 5.82 Å². The van der Waals surface area contributed by atoms with Gasteiger partial charge in [0.1, 0.15) is 29.2 Å². The topological polar surface area (TPSA) is 75.0 Å². The molecule has 3 aromatic rings. The third kappa shape index (κ3) is 5.22. The van der Waals surface area contributed by atoms with Gasteiger partial charge in [-0.3, -0.25) is 0 Å². The molecule has 192 valence electrons. The predicted octanol–water partition coefficient (Wildman–Crippen LogP) is 4.97. The van der Waals surface area contributed by atoms with Gasteiger partial charge in [-0.2, -0.15) is 4.52 Å². The molecule has 0 spiro atoms. The van der Waals surface area contributed by atoms with Crippen molar-refractivity contribution in [3.05, 3.63) is 54.0 Å². The molecule has 0 unspecified atom stereocenters. The summed E-state index contributed by atoms with van der Waals surface area (Å²) in [5.74, 6) is 1.01. The van der Waals surface area contributed by atoms with Gasteiger partial charge >= 0.3 is 6.09 Å². The lowest BCUT2D eigenvalue weighted by Crippen LogP contribution is -2.44. The average molecular weight is 499 g/mol. The highest BCUT2D eigenvalue weighted by atomic mass is 19.1. The average Bonchev–Trinajstić information content (AvgIpc) is 3.41. The number of hydrogen-bond acceptors (Lipinski definition) is 6. The number of rotatable bonds is 4. The zero-order chi connectivity index (χ0) is 25.4. The molecule has 4 heterocycles. The van der Waals surface area contributed by atoms with E-state index in [1.54, 1.807) is 21.7 Å². The number of aromatic nitrogens is 3. The van der Waals surface area contributed by atoms with E-state index in [1.807, 2.05) is 43.9 Å². The van der Waals surface area contributed by atoms with E-state index in [1.165, 1.54) is 12.1 Å². The van der Waals surface area contributed by atoms with E-state index in [2.05, 4.69) is 10.3 Å². The molecule has 0 aliphatic carbocycles. The number of hydrogen-bond donors (Lipinski definition) is 1. The molecule has 2 atom stereocenters. The first kappa shape index (κ1) is 24.3. The predicted molar refractivity (Wildman–Crippen MR) is 133 cm³/mol. The van der Waals surface area contributed by atoms with Crippen LogP contribution in [0.3, 0.4) is 0 Å². The molecule has 10 heteroatoms. The molecule has 2 saturated heterocycles. The summed E-state index contributed by atoms with van der Waals surface area (Å²) in [5, 5.41) is 8.28. The summed E-state index contributed by atoms with van der Waals surface area (Å²) in [6.07, 6.45) is 2.25. The summed E-state index contributed by atoms with van der Waals surface area (Å²) in [4.78, 5) is 20.4. The highest BCUT2D eigenvalue weighted by molar-refractivity contribution is 5.68. The van der Waals surface area contributed by atoms with Crippen LogP contribution in [0.25, 0.3) is 5.65 Å². The van der Waals surface area contributed by atoms with Crippen molar-refractivity contribution >= 4 is 23.4 Å². The molecular formula is C26H32F2N6O2. The quantitative estimate of drug-likeness (QED) is 0.548. The standard InChI is InChI=1S/C26H32F2N6O2/c1-26(2,3)36-25(35)32-11-9-20(10-12-32)30-24-15-29-22-7-8-23(31-34(22)24)33-16-19(28)14-21(33)17-5-4-6-18(27)13-17/h4-8,13,15,19-21,30H,9-12,14,16H2,1-3H3/t19-,21+/m0/s1. The second-order valence-electron chi connectivity index (χ2n) is 10.5. The molecule has 2 aromatic heterocycles. The number of anilines is 2. The van der Waals surface area contributed by atoms with Crippen molar-refractivity contribution in [2.24, 2.45) is 0 Å². The number of carbonyl (C=O) groups is 1. The van der Waals surface area contributed by atoms with Crippen molar-refractivity contribution in [1.29, 1.82) is 0 Å². The molecule has 0 radical (unpaired) electrons. The van der Waals surface area contributed by atoms with Gasteiger partial charge in [-0.1, -0.05) is 12.1 Å². The smallest absolute Gasteiger partial charge is 0.410 e. The van der Waals surface area contributed by atoms with E-state index in [-0.39, 0.29) is 37.0 Å². The lowest BCUT2D eigenvalue weighted by Gasteiger charge is -2.33. The van der Waals surface area contributed by atoms with Gasteiger partial charge < -0.3 is 19.9 Å². The summed E-state index contributed by atoms with van der Waals surface area (Å²) in [6, 6.07) is 9.86. The van der Waals surface area contributed by atoms with E-state index in [0.717, 1.165) is 24.2 Å². The monoisotopic (exact) mass is 498 g/mol. The van der Waals surface area contributed by atoms with Gasteiger partial charge in [0.2, 0.25) is 0 Å². The van der Waals surface area contributed by atoms with E-state index >= 15 is 0 Å². The van der Waals surface area contributed by atoms with Crippen LogP contribution in [-0.4, -0.2) is 63.0 Å². The molecule has 0 saturated carbocycles. The number of nitrogens with one attached hydrogen (secondary N) is 1. The number of likely N-dealkylation sites (tertiary alicyclic amines) is 1. The highest BCUT2D eigenvalue weighted by Crippen LogP contribution is 2.37. The number of alkyl halides is 1. The van der Waals surface area contributed by atoms with Gasteiger partial charge in [-0.25, -0.2) is 18.6 Å². The van der Waals surface area contributed by atoms with Crippen molar-refractivity contribution in [2.45, 2.75) is 63.9 Å². The number of ether oxygens (including phenoxy) is 1. The molecule has 1 N–H and O–H groups in total. The summed E-state index contributed by atoms with van der Waals surface area (Å²) < 4.78 is 35.5. The van der Waals surface area contributed by atoms with E-state index < -0.39 is 11.8 Å². The van der Waals surface area contributed by atoms with Crippen LogP contribution in [0.1, 0.15) is 51.6 Å². The molecule has 2 fully saturated rings. The zero-order valence-corrected chi connectivity index (χ0v) is 20.8. The summed E-state index contributed by atoms with van der Waals surface area (Å²) in [6.45, 7) is 6.98. The zero-order valence-electron chi connectivity index (χ0n) is 20.8. The van der Waals surface area contributed by atoms with E-state index in [4.69, 9.17) is 9.84 Å². The highest BCUT2D eigenvalue weighted by Gasteiger charge is 2.35. The van der Waals surface area contributed by atoms with Crippen molar-refractivity contribution in [3.8, 4) is 0 Å². The lowest BCUT2D eigenvalue weighted by atomic mass is 10.0. The number of amides is 1. The van der Waals surface area contributed by atoms with Gasteiger partial charge in [0.15, 0.2) is 5.65 Å². The van der Waals surface area contributed by atoms with Crippen molar-refractivity contribution in [1.82, 2.24) is 19.5 Å². The SMILES string of the molecule is CC(C)(C)OC(=O)N1CCC(Nc2cnc3ccc(N4C[C@@H](F)C[C@@H]4c4cccc(F)c4)nn23)CC1. The molecule has 2 aliphatic heterocycles. The molecule has 0 bridgehead atoms. The Bertz CT molecular complexity index is 1230. The fraction of sp³-hybridized carbons (Fsp3) is 0.500. The van der Waals surface area contributed by atoms with Crippen LogP contribution in [0.15, 0.2) is 42.6 Å². The fourth-order valence-corrected chi connectivity index (χ4v) is 4.93. The Morgan fingerprint density at radius 3 is 2.67 bits per heavy atom. The minimum absolute atomic E-state index is 0.149. The van der Waals surface area contributed by atoms with Crippen molar-refractivity contribution < 1.29 is 18.3 Å². The number of benzene rings is 1. The number of fused-ring (bicyclic) bond motifs is 1. The van der Waals surface area contributed by atoms with Crippen molar-refractivity contribution in [2.75, 3.05) is 29.9 Å². The lowest BCUT2D eigenvalue weighted by molar-refractivity contribution is 0.0210. The first-order valence-corrected chi connectivity index (χ1v) is 12.4. The van der Waals surface area contributed by atoms with Gasteiger partial charge in [-0.15, -0.1) is 5.10 Å². The molecule has 5 rings (SSSR count). The van der Waals surface area contributed by atoms with Crippen LogP contribution in [0.2, 0.25) is 0 Å². The number of halogens is 2. The van der Waals surface area contributed by atoms with E-state index in [9.17, 15) is 13.6 Å². The van der Waals surface area contributed by atoms with Crippen LogP contribution in [-0.2, 0) is 4.74 Å². The normalized spacial score (nSPS) is 21.2. The summed E-state index contributed by atoms with van der Waals surface area (Å²) in [5.41, 5.74) is 0.889. The number of imidazole rings is 1. The molecule has 8 nitrogen and oxygen atoms in total. The minimum Gasteiger partial charge on any atom is -0.444 e. The van der Waals surface area contributed by atoms with Crippen LogP contribution in [0.4, 0.5) is 25.2 Å². The van der Waals surface area contributed by atoms with E-state index in [0.29, 0.717) is 24.6 Å². The van der Waals surface area contributed by atoms with Gasteiger partial charge in [-0.05, 0) is 63.4 Å². The minimum atomic E-state index is -1.02. The fourth-order valence-electron chi connectivity index (χ4n) is 4.93. The maximum atomic E-state index is 14.5. The third-order valence-electron chi connectivity index (χ3n) is 6.62. The van der Waals surface area contributed by atoms with Gasteiger partial charge in [0, 0.05) is 25.6 Å². The van der Waals surface area contributed by atoms with Crippen LogP contribution >= 0.6 is 0 Å². The maximum Gasteiger partial charge on any atom is 0.410 e. The largest absolute Gasteiger partial charge is 0.444 e. The van der Waals surface area contributed by atoms with Crippen molar-refractivity contribution in [3.63, 3.8) is 0 Å². The first-order valence-electron chi connectivity index (χ1n) is 12.4. The Labute approximate surface area is 209 Å². The number of piperidine rings is 1. The molecule has 2 aliphatic rings. The Kier molecular flexibility index (Phi) is 6.44. The van der Waals surface area contributed by atoms with Gasteiger partial charge in [0.05, 0.1) is 18.8 Å². The number of carbonyl (C=O) groups excluding carboxylic acids is 1. The molecular weight excluding hydrogens is 466 g/mol. The molecule has 1 amide bonds. The van der Waals surface area contributed by atoms with Gasteiger partial charge in [0.25, 0.3) is 0 Å². The second-order valence-corrected chi connectivity index (χ2v) is 10.5. The number of nitrogens with zero attached hydrogens (tertiary/aromatic N) is 5. The maximum absolute atomic E-state index is 14.5. The molecule has 36 heavy (non-hydrogen) atoms.